The first-order valence-corrected chi connectivity index (χ1v) is 6.50. The number of hydrogen-bond acceptors (Lipinski definition) is 0. The summed E-state index contributed by atoms with van der Waals surface area (Å²) in [4.78, 5) is 0. The topological polar surface area (TPSA) is 19.9 Å². The van der Waals surface area contributed by atoms with Gasteiger partial charge in [0.2, 0.25) is 0 Å². The normalized spacial score (nSPS) is 12.5. The van der Waals surface area contributed by atoms with Crippen molar-refractivity contribution in [2.45, 2.75) is 65.7 Å². The van der Waals surface area contributed by atoms with Crippen LogP contribution in [0.1, 0.15) is 77.0 Å². The van der Waals surface area contributed by atoms with Gasteiger partial charge in [0.15, 0.2) is 5.75 Å². The highest BCUT2D eigenvalue weighted by Crippen LogP contribution is 2.38. The third-order valence-corrected chi connectivity index (χ3v) is 3.26. The Labute approximate surface area is 106 Å². The Bertz CT molecular complexity index is 365. The van der Waals surface area contributed by atoms with Crippen LogP contribution in [0.5, 0.6) is 5.75 Å². The summed E-state index contributed by atoms with van der Waals surface area (Å²) in [5, 5.41) is 12.3. The fraction of sp³-hybridized carbons (Fsp3) is 0.625. The lowest BCUT2D eigenvalue weighted by Gasteiger charge is -2.23. The zero-order chi connectivity index (χ0) is 13.4. The first-order valence-electron chi connectivity index (χ1n) is 6.50. The fourth-order valence-corrected chi connectivity index (χ4v) is 1.97. The van der Waals surface area contributed by atoms with E-state index in [9.17, 15) is 5.11 Å². The van der Waals surface area contributed by atoms with Crippen molar-refractivity contribution >= 4 is 0 Å². The maximum absolute atomic E-state index is 12.3. The second kappa shape index (κ2) is 4.72. The van der Waals surface area contributed by atoms with Crippen LogP contribution in [0, 0.1) is 0 Å². The minimum absolute atomic E-state index is 0.0982. The van der Waals surface area contributed by atoms with Gasteiger partial charge >= 0.3 is 0 Å². The van der Waals surface area contributed by atoms with E-state index >= 15 is 0 Å². The molecule has 0 heterocycles. The van der Waals surface area contributed by atoms with Gasteiger partial charge in [-0.15, -0.1) is 0 Å². The highest BCUT2D eigenvalue weighted by Gasteiger charge is 2.21. The van der Waals surface area contributed by atoms with Crippen LogP contribution in [-0.4, -0.2) is 0 Å². The van der Waals surface area contributed by atoms with Gasteiger partial charge < -0.3 is 0 Å². The van der Waals surface area contributed by atoms with E-state index < -0.39 is 0 Å². The van der Waals surface area contributed by atoms with Gasteiger partial charge in [-0.1, -0.05) is 60.6 Å². The van der Waals surface area contributed by atoms with Gasteiger partial charge in [-0.3, -0.25) is 5.11 Å². The summed E-state index contributed by atoms with van der Waals surface area (Å²) >= 11 is 0. The molecule has 0 atom stereocenters. The largest absolute Gasteiger partial charge is 0.289 e. The molecule has 0 amide bonds. The summed E-state index contributed by atoms with van der Waals surface area (Å²) in [6, 6.07) is 4.19. The van der Waals surface area contributed by atoms with Crippen molar-refractivity contribution in [3.05, 3.63) is 28.8 Å². The van der Waals surface area contributed by atoms with Crippen LogP contribution in [0.4, 0.5) is 0 Å². The lowest BCUT2D eigenvalue weighted by atomic mass is 9.81. The highest BCUT2D eigenvalue weighted by atomic mass is 16.3. The monoisotopic (exact) mass is 233 g/mol. The zero-order valence-corrected chi connectivity index (χ0v) is 12.2. The van der Waals surface area contributed by atoms with Crippen molar-refractivity contribution < 1.29 is 5.11 Å². The van der Waals surface area contributed by atoms with Gasteiger partial charge in [0.25, 0.3) is 0 Å². The van der Waals surface area contributed by atoms with Crippen LogP contribution < -0.4 is 0 Å². The maximum Gasteiger partial charge on any atom is 0.185 e. The third-order valence-electron chi connectivity index (χ3n) is 3.26. The Morgan fingerprint density at radius 2 is 1.24 bits per heavy atom. The Morgan fingerprint density at radius 1 is 0.882 bits per heavy atom. The Balaban J connectivity index is 3.48. The molecule has 17 heavy (non-hydrogen) atoms. The average Bonchev–Trinajstić information content (AvgIpc) is 2.14. The van der Waals surface area contributed by atoms with Crippen LogP contribution in [-0.2, 0) is 10.5 Å². The van der Waals surface area contributed by atoms with Crippen LogP contribution in [0.25, 0.3) is 0 Å². The molecule has 0 saturated carbocycles. The van der Waals surface area contributed by atoms with Crippen LogP contribution in [0.3, 0.4) is 0 Å². The molecule has 1 aromatic carbocycles. The van der Waals surface area contributed by atoms with Crippen molar-refractivity contribution in [3.63, 3.8) is 0 Å². The fourth-order valence-electron chi connectivity index (χ4n) is 1.97. The molecule has 0 bridgehead atoms. The van der Waals surface area contributed by atoms with Gasteiger partial charge in [0, 0.05) is 11.1 Å². The molecular weight excluding hydrogens is 208 g/mol. The second-order valence-electron chi connectivity index (χ2n) is 6.54. The van der Waals surface area contributed by atoms with Crippen LogP contribution in [0.2, 0.25) is 0 Å². The molecule has 0 saturated heterocycles. The summed E-state index contributed by atoms with van der Waals surface area (Å²) in [5.74, 6) is 0.826. The maximum atomic E-state index is 12.3. The average molecular weight is 233 g/mol. The summed E-state index contributed by atoms with van der Waals surface area (Å²) in [5.41, 5.74) is 3.28. The van der Waals surface area contributed by atoms with E-state index in [4.69, 9.17) is 0 Å². The first-order chi connectivity index (χ1) is 7.64. The van der Waals surface area contributed by atoms with Gasteiger partial charge in [-0.25, -0.2) is 0 Å². The van der Waals surface area contributed by atoms with E-state index in [1.54, 1.807) is 0 Å². The van der Waals surface area contributed by atoms with Gasteiger partial charge in [-0.05, 0) is 22.8 Å². The lowest BCUT2D eigenvalue weighted by molar-refractivity contribution is 0.340. The van der Waals surface area contributed by atoms with Crippen molar-refractivity contribution in [1.29, 1.82) is 0 Å². The molecule has 0 aliphatic rings. The Hall–Kier alpha value is -0.980. The molecule has 0 N–H and O–H groups in total. The lowest BCUT2D eigenvalue weighted by Crippen LogP contribution is -2.13. The standard InChI is InChI=1S/C16H25O/c1-10(2)13-8-12(16(5,6)7)9-14(11(3)4)15(13)17/h8-11H,1-7H3. The van der Waals surface area contributed by atoms with Crippen molar-refractivity contribution in [1.82, 2.24) is 0 Å². The van der Waals surface area contributed by atoms with Crippen molar-refractivity contribution in [2.24, 2.45) is 0 Å². The van der Waals surface area contributed by atoms with E-state index in [-0.39, 0.29) is 11.2 Å². The highest BCUT2D eigenvalue weighted by molar-refractivity contribution is 5.48. The summed E-state index contributed by atoms with van der Waals surface area (Å²) in [6.45, 7) is 14.9. The van der Waals surface area contributed by atoms with E-state index in [1.165, 1.54) is 5.56 Å². The molecule has 0 fully saturated rings. The number of hydrogen-bond donors (Lipinski definition) is 0. The Kier molecular flexibility index (Phi) is 3.91. The molecule has 1 nitrogen and oxygen atoms in total. The van der Waals surface area contributed by atoms with Gasteiger partial charge in [0.05, 0.1) is 0 Å². The Morgan fingerprint density at radius 3 is 1.47 bits per heavy atom. The molecule has 1 radical (unpaired) electrons. The first kappa shape index (κ1) is 14.1. The minimum atomic E-state index is 0.0982. The quantitative estimate of drug-likeness (QED) is 0.654. The van der Waals surface area contributed by atoms with Crippen molar-refractivity contribution in [3.8, 4) is 5.75 Å². The zero-order valence-electron chi connectivity index (χ0n) is 12.2. The molecule has 0 aromatic heterocycles. The van der Waals surface area contributed by atoms with E-state index in [2.05, 4.69) is 60.6 Å². The molecule has 1 rings (SSSR count). The van der Waals surface area contributed by atoms with Crippen molar-refractivity contribution in [2.75, 3.05) is 0 Å². The molecule has 1 aromatic rings. The molecule has 0 aliphatic heterocycles. The summed E-state index contributed by atoms with van der Waals surface area (Å²) < 4.78 is 0. The van der Waals surface area contributed by atoms with Crippen LogP contribution >= 0.6 is 0 Å². The van der Waals surface area contributed by atoms with E-state index in [0.29, 0.717) is 11.8 Å². The SMILES string of the molecule is CC(C)c1cc(C(C)(C)C)cc(C(C)C)c1[O]. The van der Waals surface area contributed by atoms with E-state index in [1.807, 2.05) is 0 Å². The molecule has 1 heteroatoms. The predicted octanol–water partition coefficient (Wildman–Crippen LogP) is 5.37. The smallest absolute Gasteiger partial charge is 0.185 e. The molecular formula is C16H25O. The summed E-state index contributed by atoms with van der Waals surface area (Å²) in [6.07, 6.45) is 0. The van der Waals surface area contributed by atoms with Crippen LogP contribution in [0.15, 0.2) is 12.1 Å². The summed E-state index contributed by atoms with van der Waals surface area (Å²) in [7, 11) is 0. The predicted molar refractivity (Wildman–Crippen MR) is 73.5 cm³/mol. The number of rotatable bonds is 2. The molecule has 95 valence electrons. The molecule has 0 unspecified atom stereocenters. The molecule has 0 aliphatic carbocycles. The minimum Gasteiger partial charge on any atom is -0.289 e. The van der Waals surface area contributed by atoms with Gasteiger partial charge in [0.1, 0.15) is 0 Å². The van der Waals surface area contributed by atoms with E-state index in [0.717, 1.165) is 11.1 Å². The molecule has 0 spiro atoms. The number of benzene rings is 1. The second-order valence-corrected chi connectivity index (χ2v) is 6.54. The van der Waals surface area contributed by atoms with Gasteiger partial charge in [-0.2, -0.15) is 0 Å². The third kappa shape index (κ3) is 3.02.